The van der Waals surface area contributed by atoms with Crippen LogP contribution in [0.15, 0.2) is 12.7 Å². The molecule has 0 saturated carbocycles. The molecule has 1 rings (SSSR count). The minimum atomic E-state index is 0.00521. The number of nitrogens with one attached hydrogen (secondary N) is 1. The van der Waals surface area contributed by atoms with Crippen LogP contribution >= 0.6 is 0 Å². The largest absolute Gasteiger partial charge is 0.317 e. The van der Waals surface area contributed by atoms with Gasteiger partial charge in [0, 0.05) is 6.54 Å². The lowest BCUT2D eigenvalue weighted by molar-refractivity contribution is 0.309. The molecule has 0 saturated heterocycles. The predicted octanol–water partition coefficient (Wildman–Crippen LogP) is 0.233. The third-order valence-corrected chi connectivity index (χ3v) is 1.65. The first-order valence-corrected chi connectivity index (χ1v) is 3.66. The zero-order valence-electron chi connectivity index (χ0n) is 7.20. The smallest absolute Gasteiger partial charge is 0.137 e. The van der Waals surface area contributed by atoms with E-state index in [0.29, 0.717) is 0 Å². The Labute approximate surface area is 66.6 Å². The van der Waals surface area contributed by atoms with Crippen LogP contribution < -0.4 is 5.32 Å². The molecule has 1 aromatic rings. The number of rotatable bonds is 3. The van der Waals surface area contributed by atoms with E-state index in [1.807, 2.05) is 11.7 Å². The van der Waals surface area contributed by atoms with Crippen LogP contribution in [0, 0.1) is 0 Å². The fourth-order valence-corrected chi connectivity index (χ4v) is 1.03. The summed E-state index contributed by atoms with van der Waals surface area (Å²) in [6, 6.07) is 0. The highest BCUT2D eigenvalue weighted by Gasteiger charge is 2.18. The molecule has 0 aromatic carbocycles. The molecule has 1 heterocycles. The van der Waals surface area contributed by atoms with Crippen LogP contribution in [0.5, 0.6) is 0 Å². The van der Waals surface area contributed by atoms with E-state index in [1.54, 1.807) is 12.7 Å². The van der Waals surface area contributed by atoms with Crippen molar-refractivity contribution in [3.8, 4) is 0 Å². The van der Waals surface area contributed by atoms with Crippen molar-refractivity contribution in [1.82, 2.24) is 20.1 Å². The van der Waals surface area contributed by atoms with E-state index < -0.39 is 0 Å². The van der Waals surface area contributed by atoms with Gasteiger partial charge in [-0.05, 0) is 20.9 Å². The summed E-state index contributed by atoms with van der Waals surface area (Å²) < 4.78 is 1.85. The van der Waals surface area contributed by atoms with Crippen LogP contribution in [0.3, 0.4) is 0 Å². The van der Waals surface area contributed by atoms with Crippen LogP contribution in [-0.2, 0) is 5.54 Å². The summed E-state index contributed by atoms with van der Waals surface area (Å²) in [6.45, 7) is 5.10. The molecule has 0 spiro atoms. The minimum absolute atomic E-state index is 0.00521. The van der Waals surface area contributed by atoms with Crippen molar-refractivity contribution in [2.75, 3.05) is 13.6 Å². The number of hydrogen-bond acceptors (Lipinski definition) is 3. The van der Waals surface area contributed by atoms with Gasteiger partial charge in [-0.1, -0.05) is 0 Å². The van der Waals surface area contributed by atoms with Gasteiger partial charge in [-0.2, -0.15) is 5.10 Å². The highest BCUT2D eigenvalue weighted by Crippen LogP contribution is 2.09. The molecule has 0 aliphatic heterocycles. The zero-order valence-corrected chi connectivity index (χ0v) is 7.20. The second-order valence-electron chi connectivity index (χ2n) is 3.18. The molecule has 0 unspecified atom stereocenters. The Morgan fingerprint density at radius 2 is 2.27 bits per heavy atom. The van der Waals surface area contributed by atoms with Crippen molar-refractivity contribution in [3.05, 3.63) is 12.7 Å². The summed E-state index contributed by atoms with van der Waals surface area (Å²) >= 11 is 0. The Balaban J connectivity index is 2.73. The van der Waals surface area contributed by atoms with E-state index in [0.717, 1.165) is 6.54 Å². The fourth-order valence-electron chi connectivity index (χ4n) is 1.03. The molecule has 0 bridgehead atoms. The summed E-state index contributed by atoms with van der Waals surface area (Å²) in [5, 5.41) is 7.18. The van der Waals surface area contributed by atoms with Gasteiger partial charge < -0.3 is 5.32 Å². The van der Waals surface area contributed by atoms with Gasteiger partial charge in [0.1, 0.15) is 12.7 Å². The van der Waals surface area contributed by atoms with E-state index in [-0.39, 0.29) is 5.54 Å². The van der Waals surface area contributed by atoms with Crippen LogP contribution in [-0.4, -0.2) is 28.4 Å². The number of likely N-dealkylation sites (N-methyl/N-ethyl adjacent to an activating group) is 1. The van der Waals surface area contributed by atoms with Crippen molar-refractivity contribution in [2.24, 2.45) is 0 Å². The Bertz CT molecular complexity index is 202. The van der Waals surface area contributed by atoms with Crippen LogP contribution in [0.4, 0.5) is 0 Å². The Morgan fingerprint density at radius 3 is 2.73 bits per heavy atom. The molecule has 0 aliphatic rings. The van der Waals surface area contributed by atoms with Crippen molar-refractivity contribution < 1.29 is 0 Å². The van der Waals surface area contributed by atoms with Gasteiger partial charge in [-0.15, -0.1) is 0 Å². The van der Waals surface area contributed by atoms with E-state index in [2.05, 4.69) is 29.2 Å². The van der Waals surface area contributed by atoms with E-state index >= 15 is 0 Å². The Kier molecular flexibility index (Phi) is 2.24. The molecule has 0 atom stereocenters. The average molecular weight is 154 g/mol. The zero-order chi connectivity index (χ0) is 8.32. The maximum Gasteiger partial charge on any atom is 0.137 e. The SMILES string of the molecule is CNCC(C)(C)n1cncn1. The first kappa shape index (κ1) is 8.20. The first-order chi connectivity index (χ1) is 5.17. The number of nitrogens with zero attached hydrogens (tertiary/aromatic N) is 3. The summed E-state index contributed by atoms with van der Waals surface area (Å²) in [6.07, 6.45) is 3.29. The third-order valence-electron chi connectivity index (χ3n) is 1.65. The number of hydrogen-bond donors (Lipinski definition) is 1. The summed E-state index contributed by atoms with van der Waals surface area (Å²) in [5.74, 6) is 0. The van der Waals surface area contributed by atoms with Crippen molar-refractivity contribution in [2.45, 2.75) is 19.4 Å². The van der Waals surface area contributed by atoms with Crippen molar-refractivity contribution in [1.29, 1.82) is 0 Å². The van der Waals surface area contributed by atoms with E-state index in [9.17, 15) is 0 Å². The van der Waals surface area contributed by atoms with E-state index in [4.69, 9.17) is 0 Å². The summed E-state index contributed by atoms with van der Waals surface area (Å²) in [7, 11) is 1.93. The lowest BCUT2D eigenvalue weighted by atomic mass is 10.1. The van der Waals surface area contributed by atoms with Gasteiger partial charge in [0.25, 0.3) is 0 Å². The second kappa shape index (κ2) is 3.00. The molecular formula is C7H14N4. The maximum atomic E-state index is 4.07. The van der Waals surface area contributed by atoms with Gasteiger partial charge in [0.15, 0.2) is 0 Å². The average Bonchev–Trinajstić information content (AvgIpc) is 2.37. The molecule has 1 aromatic heterocycles. The van der Waals surface area contributed by atoms with E-state index in [1.165, 1.54) is 0 Å². The minimum Gasteiger partial charge on any atom is -0.317 e. The summed E-state index contributed by atoms with van der Waals surface area (Å²) in [4.78, 5) is 3.89. The third kappa shape index (κ3) is 1.77. The van der Waals surface area contributed by atoms with Gasteiger partial charge >= 0.3 is 0 Å². The van der Waals surface area contributed by atoms with Gasteiger partial charge in [0.05, 0.1) is 5.54 Å². The lowest BCUT2D eigenvalue weighted by Gasteiger charge is -2.23. The van der Waals surface area contributed by atoms with Crippen LogP contribution in [0.25, 0.3) is 0 Å². The first-order valence-electron chi connectivity index (χ1n) is 3.66. The molecule has 4 heteroatoms. The molecule has 1 N–H and O–H groups in total. The Morgan fingerprint density at radius 1 is 1.55 bits per heavy atom. The van der Waals surface area contributed by atoms with Gasteiger partial charge in [0.2, 0.25) is 0 Å². The van der Waals surface area contributed by atoms with Crippen molar-refractivity contribution in [3.63, 3.8) is 0 Å². The maximum absolute atomic E-state index is 4.07. The molecule has 0 aliphatic carbocycles. The molecule has 0 fully saturated rings. The molecule has 0 amide bonds. The fraction of sp³-hybridized carbons (Fsp3) is 0.714. The molecule has 4 nitrogen and oxygen atoms in total. The molecular weight excluding hydrogens is 140 g/mol. The molecule has 11 heavy (non-hydrogen) atoms. The highest BCUT2D eigenvalue weighted by atomic mass is 15.4. The monoisotopic (exact) mass is 154 g/mol. The number of aromatic nitrogens is 3. The normalized spacial score (nSPS) is 11.9. The van der Waals surface area contributed by atoms with Gasteiger partial charge in [-0.3, -0.25) is 0 Å². The van der Waals surface area contributed by atoms with Crippen LogP contribution in [0.2, 0.25) is 0 Å². The van der Waals surface area contributed by atoms with Gasteiger partial charge in [-0.25, -0.2) is 9.67 Å². The topological polar surface area (TPSA) is 42.7 Å². The summed E-state index contributed by atoms with van der Waals surface area (Å²) in [5.41, 5.74) is 0.00521. The molecule has 62 valence electrons. The highest BCUT2D eigenvalue weighted by molar-refractivity contribution is 4.78. The van der Waals surface area contributed by atoms with Crippen molar-refractivity contribution >= 4 is 0 Å². The predicted molar refractivity (Wildman–Crippen MR) is 43.3 cm³/mol. The lowest BCUT2D eigenvalue weighted by Crippen LogP contribution is -2.37. The van der Waals surface area contributed by atoms with Crippen LogP contribution in [0.1, 0.15) is 13.8 Å². The standard InChI is InChI=1S/C7H14N4/c1-7(2,4-8-3)11-6-9-5-10-11/h5-6,8H,4H2,1-3H3. The Hall–Kier alpha value is -0.900. The quantitative estimate of drug-likeness (QED) is 0.678. The molecule has 0 radical (unpaired) electrons. The second-order valence-corrected chi connectivity index (χ2v) is 3.18.